The summed E-state index contributed by atoms with van der Waals surface area (Å²) in [6, 6.07) is 32.0. The number of amides is 3. The largest absolute Gasteiger partial charge is 0.493 e. The predicted molar refractivity (Wildman–Crippen MR) is 266 cm³/mol. The lowest BCUT2D eigenvalue weighted by atomic mass is 9.64. The SMILES string of the molecule is COCCOC(=O)N1C(=O)C2(c3cc(C#CC4=CCCCC4)ccc31)C(C(=O)N1CCc3cc(OC)c(OC)cc3C1)C1C(=O)OC(c3ccccc3)C(c3ccccc3)N1C2c1ccc(OCCO)cc1. The lowest BCUT2D eigenvalue weighted by Gasteiger charge is -2.46. The van der Waals surface area contributed by atoms with Crippen LogP contribution in [0.1, 0.15) is 82.8 Å². The number of imide groups is 1. The Kier molecular flexibility index (Phi) is 13.9. The van der Waals surface area contributed by atoms with Crippen molar-refractivity contribution in [3.05, 3.63) is 166 Å². The number of aliphatic hydroxyl groups excluding tert-OH is 1. The highest BCUT2D eigenvalue weighted by Gasteiger charge is 2.76. The first-order chi connectivity index (χ1) is 35.2. The Morgan fingerprint density at radius 3 is 2.17 bits per heavy atom. The lowest BCUT2D eigenvalue weighted by molar-refractivity contribution is -0.179. The van der Waals surface area contributed by atoms with Crippen LogP contribution in [-0.4, -0.2) is 99.1 Å². The van der Waals surface area contributed by atoms with E-state index in [1.165, 1.54) is 7.11 Å². The molecule has 4 aliphatic heterocycles. The topological polar surface area (TPSA) is 154 Å². The molecule has 1 N–H and O–H groups in total. The standard InChI is InChI=1S/C58H57N3O11/c1-67-31-32-71-57(66)60-46-26-21-38(20-19-37-13-7-4-8-14-37)33-45(46)58(56(60)65)49(54(63)59-28-27-42-34-47(68-2)48(69-3)35-43(42)36-59)51-55(64)72-52(40-17-11-6-12-18-40)50(39-15-9-5-10-16-39)61(51)53(58)41-22-24-44(25-23-41)70-30-29-62/h5-6,9-13,15-18,21-26,33-35,49-53,62H,4,7-8,14,27-32,36H2,1-3H3. The van der Waals surface area contributed by atoms with Crippen LogP contribution in [0.5, 0.6) is 17.2 Å². The van der Waals surface area contributed by atoms with Crippen molar-refractivity contribution >= 4 is 29.6 Å². The van der Waals surface area contributed by atoms with Gasteiger partial charge in [0.15, 0.2) is 11.5 Å². The smallest absolute Gasteiger partial charge is 0.421 e. The summed E-state index contributed by atoms with van der Waals surface area (Å²) in [5.74, 6) is 4.85. The minimum Gasteiger partial charge on any atom is -0.493 e. The maximum absolute atomic E-state index is 16.7. The molecule has 5 aromatic rings. The molecule has 10 rings (SSSR count). The molecule has 0 saturated carbocycles. The summed E-state index contributed by atoms with van der Waals surface area (Å²) >= 11 is 0. The number of hydrogen-bond acceptors (Lipinski definition) is 12. The molecular formula is C58H57N3O11. The summed E-state index contributed by atoms with van der Waals surface area (Å²) in [5.41, 5.74) is 3.95. The number of morpholine rings is 1. The minimum atomic E-state index is -2.01. The van der Waals surface area contributed by atoms with E-state index in [2.05, 4.69) is 17.9 Å². The van der Waals surface area contributed by atoms with Gasteiger partial charge in [-0.05, 0) is 114 Å². The molecule has 0 bridgehead atoms. The van der Waals surface area contributed by atoms with Gasteiger partial charge in [-0.2, -0.15) is 0 Å². The first kappa shape index (κ1) is 48.2. The number of esters is 1. The lowest BCUT2D eigenvalue weighted by Crippen LogP contribution is -2.57. The maximum Gasteiger partial charge on any atom is 0.421 e. The van der Waals surface area contributed by atoms with Gasteiger partial charge in [0.2, 0.25) is 11.8 Å². The van der Waals surface area contributed by atoms with Crippen molar-refractivity contribution in [3.8, 4) is 29.1 Å². The van der Waals surface area contributed by atoms with Crippen LogP contribution in [0.25, 0.3) is 0 Å². The number of cyclic esters (lactones) is 1. The van der Waals surface area contributed by atoms with Crippen LogP contribution in [0, 0.1) is 17.8 Å². The average molecular weight is 972 g/mol. The van der Waals surface area contributed by atoms with E-state index in [-0.39, 0.29) is 45.2 Å². The number of carbonyl (C=O) groups excluding carboxylic acids is 4. The van der Waals surface area contributed by atoms with Gasteiger partial charge >= 0.3 is 12.1 Å². The fourth-order valence-electron chi connectivity index (χ4n) is 11.5. The summed E-state index contributed by atoms with van der Waals surface area (Å²) in [6.45, 7) is 0.125. The number of methoxy groups -OCH3 is 3. The molecule has 5 aliphatic rings. The van der Waals surface area contributed by atoms with Crippen LogP contribution < -0.4 is 19.1 Å². The number of anilines is 1. The van der Waals surface area contributed by atoms with Gasteiger partial charge in [0.05, 0.1) is 51.1 Å². The van der Waals surface area contributed by atoms with E-state index in [0.29, 0.717) is 45.9 Å². The van der Waals surface area contributed by atoms with Gasteiger partial charge in [-0.25, -0.2) is 9.69 Å². The third-order valence-corrected chi connectivity index (χ3v) is 14.7. The maximum atomic E-state index is 16.7. The number of rotatable bonds is 12. The highest BCUT2D eigenvalue weighted by molar-refractivity contribution is 6.23. The van der Waals surface area contributed by atoms with Gasteiger partial charge in [-0.3, -0.25) is 19.3 Å². The molecule has 14 nitrogen and oxygen atoms in total. The van der Waals surface area contributed by atoms with Gasteiger partial charge in [0.1, 0.15) is 36.5 Å². The molecule has 1 aliphatic carbocycles. The molecular weight excluding hydrogens is 915 g/mol. The Bertz CT molecular complexity index is 2950. The Balaban J connectivity index is 1.26. The minimum absolute atomic E-state index is 0.0442. The van der Waals surface area contributed by atoms with E-state index < -0.39 is 59.4 Å². The molecule has 2 fully saturated rings. The van der Waals surface area contributed by atoms with Gasteiger partial charge in [-0.1, -0.05) is 90.7 Å². The van der Waals surface area contributed by atoms with Gasteiger partial charge in [-0.15, -0.1) is 0 Å². The number of carbonyl (C=O) groups is 4. The summed E-state index contributed by atoms with van der Waals surface area (Å²) in [4.78, 5) is 68.3. The van der Waals surface area contributed by atoms with Crippen LogP contribution >= 0.6 is 0 Å². The van der Waals surface area contributed by atoms with E-state index in [4.69, 9.17) is 28.4 Å². The first-order valence-electron chi connectivity index (χ1n) is 24.5. The number of aliphatic hydroxyl groups is 1. The molecule has 72 heavy (non-hydrogen) atoms. The molecule has 6 unspecified atom stereocenters. The quantitative estimate of drug-likeness (QED) is 0.0734. The molecule has 370 valence electrons. The van der Waals surface area contributed by atoms with Crippen LogP contribution in [0.15, 0.2) is 127 Å². The average Bonchev–Trinajstić information content (AvgIpc) is 3.88. The molecule has 4 heterocycles. The zero-order valence-electron chi connectivity index (χ0n) is 40.6. The molecule has 3 amide bonds. The van der Waals surface area contributed by atoms with Crippen LogP contribution in [0.4, 0.5) is 10.5 Å². The highest BCUT2D eigenvalue weighted by Crippen LogP contribution is 2.66. The molecule has 2 saturated heterocycles. The van der Waals surface area contributed by atoms with Crippen molar-refractivity contribution in [2.45, 2.75) is 68.3 Å². The molecule has 1 spiro atoms. The molecule has 6 atom stereocenters. The van der Waals surface area contributed by atoms with E-state index in [0.717, 1.165) is 52.8 Å². The van der Waals surface area contributed by atoms with Gasteiger partial charge < -0.3 is 38.4 Å². The second-order valence-electron chi connectivity index (χ2n) is 18.6. The van der Waals surface area contributed by atoms with Crippen molar-refractivity contribution in [1.82, 2.24) is 9.80 Å². The Morgan fingerprint density at radius 1 is 0.764 bits per heavy atom. The van der Waals surface area contributed by atoms with E-state index in [1.807, 2.05) is 95.9 Å². The summed E-state index contributed by atoms with van der Waals surface area (Å²) in [7, 11) is 4.61. The van der Waals surface area contributed by atoms with Crippen LogP contribution in [-0.2, 0) is 47.0 Å². The Hall–Kier alpha value is -7.44. The van der Waals surface area contributed by atoms with Crippen molar-refractivity contribution in [2.24, 2.45) is 5.92 Å². The van der Waals surface area contributed by atoms with Gasteiger partial charge in [0.25, 0.3) is 0 Å². The second-order valence-corrected chi connectivity index (χ2v) is 18.6. The van der Waals surface area contributed by atoms with E-state index in [1.54, 1.807) is 43.4 Å². The van der Waals surface area contributed by atoms with Crippen molar-refractivity contribution in [3.63, 3.8) is 0 Å². The zero-order chi connectivity index (χ0) is 49.9. The first-order valence-corrected chi connectivity index (χ1v) is 24.5. The Morgan fingerprint density at radius 2 is 1.49 bits per heavy atom. The third kappa shape index (κ3) is 8.55. The number of hydrogen-bond donors (Lipinski definition) is 1. The third-order valence-electron chi connectivity index (χ3n) is 14.7. The van der Waals surface area contributed by atoms with E-state index >= 15 is 14.4 Å². The highest BCUT2D eigenvalue weighted by atomic mass is 16.6. The normalized spacial score (nSPS) is 23.2. The zero-order valence-corrected chi connectivity index (χ0v) is 40.6. The monoisotopic (exact) mass is 971 g/mol. The van der Waals surface area contributed by atoms with E-state index in [9.17, 15) is 9.90 Å². The molecule has 0 radical (unpaired) electrons. The van der Waals surface area contributed by atoms with Gasteiger partial charge in [0, 0.05) is 25.8 Å². The molecule has 5 aromatic carbocycles. The molecule has 0 aromatic heterocycles. The predicted octanol–water partition coefficient (Wildman–Crippen LogP) is 7.96. The second kappa shape index (κ2) is 20.7. The number of nitrogens with zero attached hydrogens (tertiary/aromatic N) is 3. The van der Waals surface area contributed by atoms with Crippen molar-refractivity contribution in [2.75, 3.05) is 59.2 Å². The summed E-state index contributed by atoms with van der Waals surface area (Å²) in [6.07, 6.45) is 4.63. The fourth-order valence-corrected chi connectivity index (χ4v) is 11.5. The molecule has 14 heteroatoms. The number of ether oxygens (including phenoxy) is 6. The van der Waals surface area contributed by atoms with Crippen molar-refractivity contribution in [1.29, 1.82) is 0 Å². The number of fused-ring (bicyclic) bond motifs is 4. The Labute approximate surface area is 419 Å². The summed E-state index contributed by atoms with van der Waals surface area (Å²) in [5, 5.41) is 9.67. The fraction of sp³-hybridized carbons (Fsp3) is 0.345. The number of allylic oxidation sites excluding steroid dienone is 2. The number of benzene rings is 5. The van der Waals surface area contributed by atoms with Crippen molar-refractivity contribution < 1.29 is 52.7 Å². The summed E-state index contributed by atoms with van der Waals surface area (Å²) < 4.78 is 34.9. The van der Waals surface area contributed by atoms with Crippen LogP contribution in [0.2, 0.25) is 0 Å². The van der Waals surface area contributed by atoms with Crippen LogP contribution in [0.3, 0.4) is 0 Å².